The Bertz CT molecular complexity index is 1510. The minimum absolute atomic E-state index is 0.131. The van der Waals surface area contributed by atoms with E-state index < -0.39 is 9.84 Å². The van der Waals surface area contributed by atoms with Crippen LogP contribution >= 0.6 is 0 Å². The van der Waals surface area contributed by atoms with Crippen LogP contribution in [0.4, 0.5) is 17.2 Å². The fraction of sp³-hybridized carbons (Fsp3) is 0.241. The first kappa shape index (κ1) is 26.2. The van der Waals surface area contributed by atoms with Crippen molar-refractivity contribution < 1.29 is 13.2 Å². The maximum atomic E-state index is 12.9. The summed E-state index contributed by atoms with van der Waals surface area (Å²) in [7, 11) is -3.23. The molecule has 0 atom stereocenters. The minimum atomic E-state index is -3.23. The number of H-pyrrole nitrogens is 1. The molecular weight excluding hydrogens is 484 g/mol. The van der Waals surface area contributed by atoms with Crippen molar-refractivity contribution in [3.63, 3.8) is 0 Å². The smallest absolute Gasteiger partial charge is 0.255 e. The lowest BCUT2D eigenvalue weighted by molar-refractivity contribution is 0.102. The van der Waals surface area contributed by atoms with Gasteiger partial charge in [0.1, 0.15) is 0 Å². The first-order valence-electron chi connectivity index (χ1n) is 12.2. The van der Waals surface area contributed by atoms with Crippen LogP contribution in [0.15, 0.2) is 77.7 Å². The van der Waals surface area contributed by atoms with Gasteiger partial charge in [0.2, 0.25) is 0 Å². The van der Waals surface area contributed by atoms with Crippen LogP contribution in [0, 0.1) is 6.92 Å². The van der Waals surface area contributed by atoms with Gasteiger partial charge in [0.15, 0.2) is 15.7 Å². The van der Waals surface area contributed by atoms with Crippen LogP contribution in [0.3, 0.4) is 0 Å². The quantitative estimate of drug-likeness (QED) is 0.252. The highest BCUT2D eigenvalue weighted by Crippen LogP contribution is 2.23. The van der Waals surface area contributed by atoms with E-state index in [-0.39, 0.29) is 10.8 Å². The van der Waals surface area contributed by atoms with E-state index in [0.717, 1.165) is 35.5 Å². The lowest BCUT2D eigenvalue weighted by Crippen LogP contribution is -2.12. The van der Waals surface area contributed by atoms with Crippen LogP contribution in [0.1, 0.15) is 52.5 Å². The summed E-state index contributed by atoms with van der Waals surface area (Å²) in [5.41, 5.74) is 6.61. The van der Waals surface area contributed by atoms with Gasteiger partial charge >= 0.3 is 0 Å². The summed E-state index contributed by atoms with van der Waals surface area (Å²) in [4.78, 5) is 13.1. The molecule has 1 aromatic heterocycles. The number of aromatic amines is 1. The number of anilines is 3. The van der Waals surface area contributed by atoms with Crippen molar-refractivity contribution in [3.05, 3.63) is 101 Å². The maximum Gasteiger partial charge on any atom is 0.255 e. The fourth-order valence-corrected chi connectivity index (χ4v) is 4.87. The number of nitrogens with one attached hydrogen (secondary N) is 3. The van der Waals surface area contributed by atoms with Crippen molar-refractivity contribution in [1.29, 1.82) is 0 Å². The average molecular weight is 517 g/mol. The molecule has 37 heavy (non-hydrogen) atoms. The molecule has 0 saturated heterocycles. The van der Waals surface area contributed by atoms with Gasteiger partial charge in [0, 0.05) is 35.0 Å². The van der Waals surface area contributed by atoms with Gasteiger partial charge in [-0.05, 0) is 90.9 Å². The number of aryl methyl sites for hydroxylation is 3. The monoisotopic (exact) mass is 516 g/mol. The summed E-state index contributed by atoms with van der Waals surface area (Å²) in [6.07, 6.45) is 2.65. The van der Waals surface area contributed by atoms with Gasteiger partial charge in [-0.25, -0.2) is 8.42 Å². The van der Waals surface area contributed by atoms with Crippen LogP contribution in [0.2, 0.25) is 0 Å². The highest BCUT2D eigenvalue weighted by molar-refractivity contribution is 7.90. The largest absolute Gasteiger partial charge is 0.339 e. The van der Waals surface area contributed by atoms with Crippen LogP contribution < -0.4 is 10.6 Å². The third kappa shape index (κ3) is 6.86. The van der Waals surface area contributed by atoms with Gasteiger partial charge in [-0.15, -0.1) is 0 Å². The first-order valence-corrected chi connectivity index (χ1v) is 14.1. The molecule has 3 N–H and O–H groups in total. The number of benzene rings is 3. The fourth-order valence-electron chi connectivity index (χ4n) is 4.24. The molecule has 0 saturated carbocycles. The van der Waals surface area contributed by atoms with Crippen molar-refractivity contribution in [1.82, 2.24) is 10.2 Å². The Labute approximate surface area is 218 Å². The number of sulfone groups is 1. The second-order valence-electron chi connectivity index (χ2n) is 9.58. The number of carbonyl (C=O) groups is 1. The second kappa shape index (κ2) is 11.0. The highest BCUT2D eigenvalue weighted by atomic mass is 32.2. The number of amides is 1. The Hall–Kier alpha value is -3.91. The summed E-state index contributed by atoms with van der Waals surface area (Å²) in [5.74, 6) is 0.958. The molecule has 0 fully saturated rings. The zero-order chi connectivity index (χ0) is 26.6. The van der Waals surface area contributed by atoms with Crippen molar-refractivity contribution in [2.45, 2.75) is 44.4 Å². The van der Waals surface area contributed by atoms with E-state index in [9.17, 15) is 13.2 Å². The number of carbonyl (C=O) groups excluding carboxylic acids is 1. The van der Waals surface area contributed by atoms with Gasteiger partial charge in [0.05, 0.1) is 4.90 Å². The molecule has 3 aromatic carbocycles. The van der Waals surface area contributed by atoms with Gasteiger partial charge in [-0.3, -0.25) is 9.89 Å². The molecule has 1 heterocycles. The molecule has 1 amide bonds. The van der Waals surface area contributed by atoms with Crippen molar-refractivity contribution in [2.75, 3.05) is 16.9 Å². The van der Waals surface area contributed by atoms with Crippen molar-refractivity contribution in [3.8, 4) is 0 Å². The molecule has 4 aromatic rings. The molecule has 7 nitrogen and oxygen atoms in total. The third-order valence-electron chi connectivity index (χ3n) is 6.21. The number of hydrogen-bond acceptors (Lipinski definition) is 5. The van der Waals surface area contributed by atoms with E-state index in [1.54, 1.807) is 24.3 Å². The van der Waals surface area contributed by atoms with Gasteiger partial charge < -0.3 is 10.6 Å². The molecule has 0 aliphatic rings. The molecule has 0 aliphatic carbocycles. The number of hydrogen-bond donors (Lipinski definition) is 3. The normalized spacial score (nSPS) is 11.5. The Morgan fingerprint density at radius 1 is 0.946 bits per heavy atom. The molecule has 0 radical (unpaired) electrons. The predicted molar refractivity (Wildman–Crippen MR) is 148 cm³/mol. The number of aromatic nitrogens is 2. The standard InChI is InChI=1S/C29H32N4O3S/c1-19(2)27-15-12-24(16-20(27)3)31-29(34)22-7-5-6-21(17-22)8-9-25-18-28(33-32-25)30-23-10-13-26(14-11-23)37(4,35)36/h5-7,10-19H,8-9H2,1-4H3,(H,31,34)(H2,30,32,33). The zero-order valence-corrected chi connectivity index (χ0v) is 22.3. The van der Waals surface area contributed by atoms with Crippen molar-refractivity contribution >= 4 is 32.9 Å². The van der Waals surface area contributed by atoms with Crippen LogP contribution in [-0.4, -0.2) is 30.8 Å². The van der Waals surface area contributed by atoms with Gasteiger partial charge in [-0.2, -0.15) is 5.10 Å². The van der Waals surface area contributed by atoms with Crippen LogP contribution in [0.25, 0.3) is 0 Å². The van der Waals surface area contributed by atoms with Crippen LogP contribution in [0.5, 0.6) is 0 Å². The first-order chi connectivity index (χ1) is 17.6. The summed E-state index contributed by atoms with van der Waals surface area (Å²) < 4.78 is 23.2. The molecule has 0 bridgehead atoms. The Morgan fingerprint density at radius 2 is 1.68 bits per heavy atom. The number of rotatable bonds is 9. The maximum absolute atomic E-state index is 12.9. The molecular formula is C29H32N4O3S. The van der Waals surface area contributed by atoms with E-state index in [1.165, 1.54) is 17.4 Å². The summed E-state index contributed by atoms with van der Waals surface area (Å²) >= 11 is 0. The van der Waals surface area contributed by atoms with E-state index in [1.807, 2.05) is 42.5 Å². The van der Waals surface area contributed by atoms with Gasteiger partial charge in [0.25, 0.3) is 5.91 Å². The Kier molecular flexibility index (Phi) is 7.78. The third-order valence-corrected chi connectivity index (χ3v) is 7.34. The minimum Gasteiger partial charge on any atom is -0.339 e. The lowest BCUT2D eigenvalue weighted by Gasteiger charge is -2.12. The highest BCUT2D eigenvalue weighted by Gasteiger charge is 2.11. The summed E-state index contributed by atoms with van der Waals surface area (Å²) in [6, 6.07) is 22.2. The predicted octanol–water partition coefficient (Wildman–Crippen LogP) is 6.03. The molecule has 192 valence electrons. The molecule has 0 aliphatic heterocycles. The molecule has 0 spiro atoms. The molecule has 8 heteroatoms. The summed E-state index contributed by atoms with van der Waals surface area (Å²) in [6.45, 7) is 6.39. The summed E-state index contributed by atoms with van der Waals surface area (Å²) in [5, 5.41) is 13.5. The van der Waals surface area contributed by atoms with E-state index in [2.05, 4.69) is 47.7 Å². The van der Waals surface area contributed by atoms with Crippen LogP contribution in [-0.2, 0) is 22.7 Å². The van der Waals surface area contributed by atoms with E-state index in [4.69, 9.17) is 0 Å². The Morgan fingerprint density at radius 3 is 2.35 bits per heavy atom. The Balaban J connectivity index is 1.35. The second-order valence-corrected chi connectivity index (χ2v) is 11.6. The van der Waals surface area contributed by atoms with Gasteiger partial charge in [-0.1, -0.05) is 32.0 Å². The van der Waals surface area contributed by atoms with E-state index in [0.29, 0.717) is 17.3 Å². The molecule has 4 rings (SSSR count). The number of nitrogens with zero attached hydrogens (tertiary/aromatic N) is 1. The average Bonchev–Trinajstić information content (AvgIpc) is 3.30. The topological polar surface area (TPSA) is 104 Å². The lowest BCUT2D eigenvalue weighted by atomic mass is 9.97. The zero-order valence-electron chi connectivity index (χ0n) is 21.5. The van der Waals surface area contributed by atoms with Crippen molar-refractivity contribution in [2.24, 2.45) is 0 Å². The van der Waals surface area contributed by atoms with E-state index >= 15 is 0 Å². The SMILES string of the molecule is Cc1cc(NC(=O)c2cccc(CCc3cc(Nc4ccc(S(C)(=O)=O)cc4)n[nH]3)c2)ccc1C(C)C. The molecule has 0 unspecified atom stereocenters.